The number of hydrogen-bond acceptors (Lipinski definition) is 2. The second kappa shape index (κ2) is 6.02. The van der Waals surface area contributed by atoms with Gasteiger partial charge in [0.05, 0.1) is 16.7 Å². The number of halogens is 1. The molecule has 19 heavy (non-hydrogen) atoms. The third kappa shape index (κ3) is 3.44. The van der Waals surface area contributed by atoms with E-state index in [0.717, 1.165) is 22.3 Å². The summed E-state index contributed by atoms with van der Waals surface area (Å²) in [7, 11) is 0. The molecule has 0 spiro atoms. The number of nitrogens with zero attached hydrogens (tertiary/aromatic N) is 2. The lowest BCUT2D eigenvalue weighted by Gasteiger charge is -2.04. The van der Waals surface area contributed by atoms with Crippen LogP contribution in [0.25, 0.3) is 0 Å². The molecule has 0 aliphatic carbocycles. The molecule has 0 saturated heterocycles. The zero-order valence-corrected chi connectivity index (χ0v) is 12.6. The monoisotopic (exact) mass is 321 g/mol. The zero-order valence-electron chi connectivity index (χ0n) is 11.0. The fraction of sp³-hybridized carbons (Fsp3) is 0.286. The van der Waals surface area contributed by atoms with Crippen molar-refractivity contribution in [2.24, 2.45) is 0 Å². The molecule has 1 heterocycles. The summed E-state index contributed by atoms with van der Waals surface area (Å²) in [5.41, 5.74) is 2.58. The fourth-order valence-corrected chi connectivity index (χ4v) is 2.23. The molecule has 1 amide bonds. The molecule has 0 fully saturated rings. The number of amides is 1. The van der Waals surface area contributed by atoms with Crippen LogP contribution in [-0.4, -0.2) is 15.7 Å². The third-order valence-corrected chi connectivity index (χ3v) is 3.47. The average Bonchev–Trinajstić information content (AvgIpc) is 2.76. The third-order valence-electron chi connectivity index (χ3n) is 2.81. The predicted molar refractivity (Wildman–Crippen MR) is 78.0 cm³/mol. The lowest BCUT2D eigenvalue weighted by molar-refractivity contribution is 0.0950. The second-order valence-electron chi connectivity index (χ2n) is 4.33. The molecule has 0 atom stereocenters. The van der Waals surface area contributed by atoms with Crippen molar-refractivity contribution < 1.29 is 4.79 Å². The van der Waals surface area contributed by atoms with E-state index in [-0.39, 0.29) is 5.91 Å². The quantitative estimate of drug-likeness (QED) is 0.941. The highest BCUT2D eigenvalue weighted by Gasteiger charge is 2.09. The van der Waals surface area contributed by atoms with E-state index in [4.69, 9.17) is 0 Å². The van der Waals surface area contributed by atoms with Crippen LogP contribution >= 0.6 is 15.9 Å². The Morgan fingerprint density at radius 1 is 1.47 bits per heavy atom. The first-order valence-corrected chi connectivity index (χ1v) is 6.96. The maximum Gasteiger partial charge on any atom is 0.251 e. The highest BCUT2D eigenvalue weighted by atomic mass is 79.9. The standard InChI is InChI=1S/C14H16BrN3O/c1-3-18-9-12(15)13(17-18)8-16-14(19)11-6-4-5-10(2)7-11/h4-7,9H,3,8H2,1-2H3,(H,16,19). The van der Waals surface area contributed by atoms with Gasteiger partial charge in [0.1, 0.15) is 0 Å². The molecule has 1 N–H and O–H groups in total. The zero-order chi connectivity index (χ0) is 13.8. The van der Waals surface area contributed by atoms with E-state index in [9.17, 15) is 4.79 Å². The van der Waals surface area contributed by atoms with E-state index in [2.05, 4.69) is 26.3 Å². The van der Waals surface area contributed by atoms with Crippen molar-refractivity contribution in [3.05, 3.63) is 51.8 Å². The Labute approximate surface area is 120 Å². The van der Waals surface area contributed by atoms with Gasteiger partial charge in [-0.3, -0.25) is 9.48 Å². The van der Waals surface area contributed by atoms with Gasteiger partial charge in [0.25, 0.3) is 5.91 Å². The van der Waals surface area contributed by atoms with Crippen LogP contribution < -0.4 is 5.32 Å². The number of nitrogens with one attached hydrogen (secondary N) is 1. The van der Waals surface area contributed by atoms with Crippen LogP contribution in [0.3, 0.4) is 0 Å². The Morgan fingerprint density at radius 3 is 2.89 bits per heavy atom. The molecular weight excluding hydrogens is 306 g/mol. The Morgan fingerprint density at radius 2 is 2.26 bits per heavy atom. The van der Waals surface area contributed by atoms with Crippen molar-refractivity contribution in [1.82, 2.24) is 15.1 Å². The van der Waals surface area contributed by atoms with Gasteiger partial charge in [-0.2, -0.15) is 5.10 Å². The van der Waals surface area contributed by atoms with Crippen molar-refractivity contribution in [1.29, 1.82) is 0 Å². The first-order chi connectivity index (χ1) is 9.10. The molecule has 1 aromatic heterocycles. The van der Waals surface area contributed by atoms with E-state index in [1.165, 1.54) is 0 Å². The van der Waals surface area contributed by atoms with Crippen molar-refractivity contribution in [2.45, 2.75) is 26.9 Å². The molecule has 0 saturated carbocycles. The number of aromatic nitrogens is 2. The summed E-state index contributed by atoms with van der Waals surface area (Å²) in [6.45, 7) is 5.22. The SMILES string of the molecule is CCn1cc(Br)c(CNC(=O)c2cccc(C)c2)n1. The van der Waals surface area contributed by atoms with E-state index in [1.54, 1.807) is 0 Å². The normalized spacial score (nSPS) is 10.5. The first-order valence-electron chi connectivity index (χ1n) is 6.17. The van der Waals surface area contributed by atoms with Gasteiger partial charge < -0.3 is 5.32 Å². The highest BCUT2D eigenvalue weighted by Crippen LogP contribution is 2.14. The molecule has 4 nitrogen and oxygen atoms in total. The van der Waals surface area contributed by atoms with Gasteiger partial charge in [-0.1, -0.05) is 17.7 Å². The Kier molecular flexibility index (Phi) is 4.37. The fourth-order valence-electron chi connectivity index (χ4n) is 1.77. The molecule has 0 radical (unpaired) electrons. The van der Waals surface area contributed by atoms with Crippen molar-refractivity contribution in [3.63, 3.8) is 0 Å². The second-order valence-corrected chi connectivity index (χ2v) is 5.19. The summed E-state index contributed by atoms with van der Waals surface area (Å²) < 4.78 is 2.75. The number of aryl methyl sites for hydroxylation is 2. The van der Waals surface area contributed by atoms with Crippen molar-refractivity contribution >= 4 is 21.8 Å². The molecule has 5 heteroatoms. The van der Waals surface area contributed by atoms with Gasteiger partial charge in [0.2, 0.25) is 0 Å². The van der Waals surface area contributed by atoms with Gasteiger partial charge in [-0.05, 0) is 41.9 Å². The maximum absolute atomic E-state index is 12.0. The van der Waals surface area contributed by atoms with E-state index in [0.29, 0.717) is 12.1 Å². The maximum atomic E-state index is 12.0. The topological polar surface area (TPSA) is 46.9 Å². The van der Waals surface area contributed by atoms with E-state index < -0.39 is 0 Å². The summed E-state index contributed by atoms with van der Waals surface area (Å²) in [6, 6.07) is 7.53. The van der Waals surface area contributed by atoms with E-state index in [1.807, 2.05) is 49.0 Å². The number of rotatable bonds is 4. The molecule has 100 valence electrons. The number of benzene rings is 1. The minimum absolute atomic E-state index is 0.0818. The lowest BCUT2D eigenvalue weighted by atomic mass is 10.1. The number of carbonyl (C=O) groups is 1. The van der Waals surface area contributed by atoms with E-state index >= 15 is 0 Å². The summed E-state index contributed by atoms with van der Waals surface area (Å²) in [5.74, 6) is -0.0818. The molecular formula is C14H16BrN3O. The summed E-state index contributed by atoms with van der Waals surface area (Å²) >= 11 is 3.44. The van der Waals surface area contributed by atoms with Crippen LogP contribution in [0, 0.1) is 6.92 Å². The smallest absolute Gasteiger partial charge is 0.251 e. The van der Waals surface area contributed by atoms with Gasteiger partial charge in [0.15, 0.2) is 0 Å². The van der Waals surface area contributed by atoms with Gasteiger partial charge in [-0.25, -0.2) is 0 Å². The van der Waals surface area contributed by atoms with Crippen LogP contribution in [-0.2, 0) is 13.1 Å². The van der Waals surface area contributed by atoms with Crippen LogP contribution in [0.2, 0.25) is 0 Å². The first kappa shape index (κ1) is 13.8. The van der Waals surface area contributed by atoms with Crippen molar-refractivity contribution in [2.75, 3.05) is 0 Å². The largest absolute Gasteiger partial charge is 0.346 e. The summed E-state index contributed by atoms with van der Waals surface area (Å²) in [4.78, 5) is 12.0. The lowest BCUT2D eigenvalue weighted by Crippen LogP contribution is -2.23. The number of carbonyl (C=O) groups excluding carboxylic acids is 1. The molecule has 0 unspecified atom stereocenters. The van der Waals surface area contributed by atoms with Gasteiger partial charge in [0, 0.05) is 18.3 Å². The highest BCUT2D eigenvalue weighted by molar-refractivity contribution is 9.10. The Bertz CT molecular complexity index is 592. The Balaban J connectivity index is 2.02. The molecule has 2 rings (SSSR count). The molecule has 0 aliphatic heterocycles. The Hall–Kier alpha value is -1.62. The molecule has 0 aliphatic rings. The van der Waals surface area contributed by atoms with Crippen LogP contribution in [0.15, 0.2) is 34.9 Å². The van der Waals surface area contributed by atoms with Gasteiger partial charge in [-0.15, -0.1) is 0 Å². The predicted octanol–water partition coefficient (Wildman–Crippen LogP) is 2.90. The van der Waals surface area contributed by atoms with Gasteiger partial charge >= 0.3 is 0 Å². The van der Waals surface area contributed by atoms with Crippen LogP contribution in [0.4, 0.5) is 0 Å². The minimum Gasteiger partial charge on any atom is -0.346 e. The molecule has 2 aromatic rings. The minimum atomic E-state index is -0.0818. The summed E-state index contributed by atoms with van der Waals surface area (Å²) in [6.07, 6.45) is 1.91. The van der Waals surface area contributed by atoms with Crippen LogP contribution in [0.1, 0.15) is 28.5 Å². The summed E-state index contributed by atoms with van der Waals surface area (Å²) in [5, 5.41) is 7.24. The van der Waals surface area contributed by atoms with Crippen molar-refractivity contribution in [3.8, 4) is 0 Å². The van der Waals surface area contributed by atoms with Crippen LogP contribution in [0.5, 0.6) is 0 Å². The average molecular weight is 322 g/mol. The molecule has 0 bridgehead atoms. The molecule has 1 aromatic carbocycles. The number of hydrogen-bond donors (Lipinski definition) is 1.